The van der Waals surface area contributed by atoms with E-state index in [1.165, 1.54) is 65.2 Å². The highest BCUT2D eigenvalue weighted by Crippen LogP contribution is 2.31. The molecule has 4 rings (SSSR count). The largest absolute Gasteiger partial charge is 0.284 e. The highest BCUT2D eigenvalue weighted by molar-refractivity contribution is 4.99. The third-order valence-corrected chi connectivity index (χ3v) is 4.89. The van der Waals surface area contributed by atoms with Gasteiger partial charge in [0.2, 0.25) is 0 Å². The molecule has 0 bridgehead atoms. The minimum absolute atomic E-state index is 0.715. The van der Waals surface area contributed by atoms with E-state index in [9.17, 15) is 0 Å². The number of nitrogens with zero attached hydrogens (tertiary/aromatic N) is 4. The van der Waals surface area contributed by atoms with E-state index in [0.717, 1.165) is 0 Å². The first-order chi connectivity index (χ1) is 7.93. The standard InChI is InChI=1S/C12H22N4/c1-3-13-7-9-15-5-2-6-16-10-8-14(4-1)12(16)11(13)15/h11-12H,1-10H2. The molecule has 0 aromatic heterocycles. The molecule has 4 aliphatic heterocycles. The molecule has 0 radical (unpaired) electrons. The Bertz CT molecular complexity index is 230. The van der Waals surface area contributed by atoms with Crippen LogP contribution in [0, 0.1) is 0 Å². The monoisotopic (exact) mass is 222 g/mol. The van der Waals surface area contributed by atoms with Crippen molar-refractivity contribution in [2.45, 2.75) is 25.2 Å². The van der Waals surface area contributed by atoms with E-state index in [4.69, 9.17) is 0 Å². The van der Waals surface area contributed by atoms with Gasteiger partial charge in [-0.1, -0.05) is 0 Å². The molecule has 4 fully saturated rings. The second-order valence-electron chi connectivity index (χ2n) is 5.68. The van der Waals surface area contributed by atoms with Crippen LogP contribution in [-0.4, -0.2) is 84.3 Å². The Morgan fingerprint density at radius 1 is 0.438 bits per heavy atom. The molecule has 0 unspecified atom stereocenters. The van der Waals surface area contributed by atoms with Crippen molar-refractivity contribution in [2.24, 2.45) is 0 Å². The molecule has 0 atom stereocenters. The Hall–Kier alpha value is -0.160. The van der Waals surface area contributed by atoms with Crippen molar-refractivity contribution in [3.05, 3.63) is 0 Å². The normalized spacial score (nSPS) is 42.0. The summed E-state index contributed by atoms with van der Waals surface area (Å²) in [6.45, 7) is 10.5. The van der Waals surface area contributed by atoms with E-state index < -0.39 is 0 Å². The summed E-state index contributed by atoms with van der Waals surface area (Å²) in [5.41, 5.74) is 0. The van der Waals surface area contributed by atoms with Crippen LogP contribution in [0.25, 0.3) is 0 Å². The minimum atomic E-state index is 0.715. The maximum atomic E-state index is 2.74. The van der Waals surface area contributed by atoms with Gasteiger partial charge in [0, 0.05) is 52.4 Å². The van der Waals surface area contributed by atoms with E-state index in [-0.39, 0.29) is 0 Å². The molecule has 4 heteroatoms. The van der Waals surface area contributed by atoms with Crippen molar-refractivity contribution in [3.8, 4) is 0 Å². The second-order valence-corrected chi connectivity index (χ2v) is 5.68. The lowest BCUT2D eigenvalue weighted by Gasteiger charge is -2.37. The maximum absolute atomic E-state index is 2.74. The lowest BCUT2D eigenvalue weighted by molar-refractivity contribution is 0.0299. The quantitative estimate of drug-likeness (QED) is 0.557. The fraction of sp³-hybridized carbons (Fsp3) is 1.00. The van der Waals surface area contributed by atoms with Crippen LogP contribution in [0.4, 0.5) is 0 Å². The van der Waals surface area contributed by atoms with Crippen LogP contribution in [0.3, 0.4) is 0 Å². The molecular formula is C12H22N4. The van der Waals surface area contributed by atoms with Crippen LogP contribution < -0.4 is 0 Å². The highest BCUT2D eigenvalue weighted by atomic mass is 15.5. The Morgan fingerprint density at radius 2 is 0.750 bits per heavy atom. The van der Waals surface area contributed by atoms with E-state index >= 15 is 0 Å². The fourth-order valence-electron chi connectivity index (χ4n) is 4.19. The first kappa shape index (κ1) is 9.83. The fourth-order valence-corrected chi connectivity index (χ4v) is 4.19. The van der Waals surface area contributed by atoms with Gasteiger partial charge in [-0.2, -0.15) is 0 Å². The van der Waals surface area contributed by atoms with E-state index in [1.54, 1.807) is 0 Å². The molecule has 0 spiro atoms. The number of rotatable bonds is 0. The van der Waals surface area contributed by atoms with Crippen molar-refractivity contribution in [1.29, 1.82) is 0 Å². The van der Waals surface area contributed by atoms with Crippen LogP contribution in [0.5, 0.6) is 0 Å². The summed E-state index contributed by atoms with van der Waals surface area (Å²) >= 11 is 0. The summed E-state index contributed by atoms with van der Waals surface area (Å²) in [6.07, 6.45) is 4.17. The molecule has 0 aromatic carbocycles. The predicted octanol–water partition coefficient (Wildman–Crippen LogP) is -0.319. The molecule has 4 saturated heterocycles. The maximum Gasteiger partial charge on any atom is 0.0922 e. The topological polar surface area (TPSA) is 13.0 Å². The Balaban J connectivity index is 1.72. The van der Waals surface area contributed by atoms with Crippen molar-refractivity contribution < 1.29 is 0 Å². The van der Waals surface area contributed by atoms with E-state index in [2.05, 4.69) is 19.6 Å². The molecule has 0 amide bonds. The summed E-state index contributed by atoms with van der Waals surface area (Å²) in [4.78, 5) is 11.0. The molecule has 16 heavy (non-hydrogen) atoms. The minimum Gasteiger partial charge on any atom is -0.284 e. The molecule has 4 heterocycles. The Morgan fingerprint density at radius 3 is 1.06 bits per heavy atom. The predicted molar refractivity (Wildman–Crippen MR) is 63.1 cm³/mol. The van der Waals surface area contributed by atoms with Crippen molar-refractivity contribution in [3.63, 3.8) is 0 Å². The summed E-state index contributed by atoms with van der Waals surface area (Å²) in [6, 6.07) is 0. The molecule has 4 aliphatic rings. The molecule has 0 aliphatic carbocycles. The van der Waals surface area contributed by atoms with Gasteiger partial charge in [0.1, 0.15) is 0 Å². The SMILES string of the molecule is C1CN2CCN3CCCN4CCN(C1)C4C23. The third kappa shape index (κ3) is 1.30. The van der Waals surface area contributed by atoms with Crippen molar-refractivity contribution in [1.82, 2.24) is 19.6 Å². The van der Waals surface area contributed by atoms with Crippen LogP contribution in [0.1, 0.15) is 12.8 Å². The first-order valence-electron chi connectivity index (χ1n) is 6.90. The summed E-state index contributed by atoms with van der Waals surface area (Å²) in [5.74, 6) is 0. The van der Waals surface area contributed by atoms with Gasteiger partial charge >= 0.3 is 0 Å². The molecule has 0 aromatic rings. The van der Waals surface area contributed by atoms with Gasteiger partial charge in [-0.3, -0.25) is 19.6 Å². The Labute approximate surface area is 97.8 Å². The zero-order valence-corrected chi connectivity index (χ0v) is 10.0. The van der Waals surface area contributed by atoms with Crippen LogP contribution in [-0.2, 0) is 0 Å². The lowest BCUT2D eigenvalue weighted by Crippen LogP contribution is -2.54. The van der Waals surface area contributed by atoms with Crippen molar-refractivity contribution in [2.75, 3.05) is 52.4 Å². The lowest BCUT2D eigenvalue weighted by atomic mass is 10.3. The third-order valence-electron chi connectivity index (χ3n) is 4.89. The van der Waals surface area contributed by atoms with E-state index in [0.29, 0.717) is 12.3 Å². The zero-order valence-electron chi connectivity index (χ0n) is 10.0. The highest BCUT2D eigenvalue weighted by Gasteiger charge is 2.47. The van der Waals surface area contributed by atoms with Gasteiger partial charge in [0.25, 0.3) is 0 Å². The van der Waals surface area contributed by atoms with Crippen LogP contribution >= 0.6 is 0 Å². The van der Waals surface area contributed by atoms with Gasteiger partial charge in [0.15, 0.2) is 0 Å². The number of hydrogen-bond donors (Lipinski definition) is 0. The van der Waals surface area contributed by atoms with Gasteiger partial charge in [-0.25, -0.2) is 0 Å². The van der Waals surface area contributed by atoms with Crippen LogP contribution in [0.15, 0.2) is 0 Å². The Kier molecular flexibility index (Phi) is 2.25. The molecule has 4 nitrogen and oxygen atoms in total. The zero-order chi connectivity index (χ0) is 10.5. The molecular weight excluding hydrogens is 200 g/mol. The molecule has 0 saturated carbocycles. The van der Waals surface area contributed by atoms with Crippen LogP contribution in [0.2, 0.25) is 0 Å². The first-order valence-corrected chi connectivity index (χ1v) is 6.90. The van der Waals surface area contributed by atoms with E-state index in [1.807, 2.05) is 0 Å². The average Bonchev–Trinajstić information content (AvgIpc) is 2.76. The molecule has 0 N–H and O–H groups in total. The second kappa shape index (κ2) is 3.67. The van der Waals surface area contributed by atoms with Crippen molar-refractivity contribution >= 4 is 0 Å². The average molecular weight is 222 g/mol. The van der Waals surface area contributed by atoms with Gasteiger partial charge in [-0.15, -0.1) is 0 Å². The summed E-state index contributed by atoms with van der Waals surface area (Å²) < 4.78 is 0. The van der Waals surface area contributed by atoms with Gasteiger partial charge < -0.3 is 0 Å². The van der Waals surface area contributed by atoms with Gasteiger partial charge in [-0.05, 0) is 12.8 Å². The summed E-state index contributed by atoms with van der Waals surface area (Å²) in [5, 5.41) is 0. The molecule has 90 valence electrons. The number of hydrogen-bond acceptors (Lipinski definition) is 4. The van der Waals surface area contributed by atoms with Gasteiger partial charge in [0.05, 0.1) is 12.3 Å². The summed E-state index contributed by atoms with van der Waals surface area (Å²) in [7, 11) is 0. The smallest absolute Gasteiger partial charge is 0.0922 e.